The Morgan fingerprint density at radius 3 is 2.74 bits per heavy atom. The van der Waals surface area contributed by atoms with E-state index in [0.29, 0.717) is 18.5 Å². The zero-order valence-electron chi connectivity index (χ0n) is 20.2. The van der Waals surface area contributed by atoms with Crippen LogP contribution in [0.4, 0.5) is 4.39 Å². The van der Waals surface area contributed by atoms with E-state index in [9.17, 15) is 22.4 Å². The molecule has 0 spiro atoms. The Hall–Kier alpha value is -2.54. The van der Waals surface area contributed by atoms with E-state index in [2.05, 4.69) is 15.6 Å². The van der Waals surface area contributed by atoms with Crippen LogP contribution < -0.4 is 10.6 Å². The second-order valence-electron chi connectivity index (χ2n) is 9.28. The normalized spacial score (nSPS) is 24.5. The summed E-state index contributed by atoms with van der Waals surface area (Å²) in [7, 11) is -0.426. The van der Waals surface area contributed by atoms with Crippen LogP contribution in [-0.4, -0.2) is 98.7 Å². The van der Waals surface area contributed by atoms with Gasteiger partial charge in [-0.2, -0.15) is 4.31 Å². The summed E-state index contributed by atoms with van der Waals surface area (Å²) in [5, 5.41) is 6.39. The van der Waals surface area contributed by atoms with Crippen molar-refractivity contribution in [1.82, 2.24) is 24.8 Å². The van der Waals surface area contributed by atoms with Crippen LogP contribution >= 0.6 is 0 Å². The lowest BCUT2D eigenvalue weighted by molar-refractivity contribution is -0.139. The molecule has 2 fully saturated rings. The molecule has 0 aliphatic carbocycles. The predicted octanol–water partition coefficient (Wildman–Crippen LogP) is 0.374. The molecule has 0 saturated carbocycles. The first-order valence-corrected chi connectivity index (χ1v) is 13.4. The van der Waals surface area contributed by atoms with Gasteiger partial charge in [0.05, 0.1) is 24.9 Å². The molecular formula is C23H32FN5O5S. The van der Waals surface area contributed by atoms with E-state index in [1.807, 2.05) is 0 Å². The molecule has 10 nitrogen and oxygen atoms in total. The Morgan fingerprint density at radius 1 is 1.34 bits per heavy atom. The number of hydrogen-bond donors (Lipinski definition) is 3. The smallest absolute Gasteiger partial charge is 0.247 e. The zero-order valence-corrected chi connectivity index (χ0v) is 21.1. The van der Waals surface area contributed by atoms with Gasteiger partial charge in [-0.3, -0.25) is 9.59 Å². The number of fused-ring (bicyclic) bond motifs is 2. The molecule has 0 radical (unpaired) electrons. The van der Waals surface area contributed by atoms with E-state index >= 15 is 0 Å². The summed E-state index contributed by atoms with van der Waals surface area (Å²) in [5.74, 6) is -1.35. The monoisotopic (exact) mass is 509 g/mol. The number of methoxy groups -OCH3 is 1. The van der Waals surface area contributed by atoms with Gasteiger partial charge in [0.15, 0.2) is 0 Å². The summed E-state index contributed by atoms with van der Waals surface area (Å²) in [6.45, 7) is 2.24. The van der Waals surface area contributed by atoms with E-state index in [1.54, 1.807) is 31.1 Å². The topological polar surface area (TPSA) is 124 Å². The van der Waals surface area contributed by atoms with Crippen molar-refractivity contribution in [1.29, 1.82) is 0 Å². The fourth-order valence-electron chi connectivity index (χ4n) is 5.35. The standard InChI is InChI=1S/C23H32FN5O5S/c1-13(25-2)22(30)27-19(12-34-3)23(31)28-8-7-20-21(28)17(11-29(20)35(4,32)33)16-10-26-18-9-14(24)5-6-15(16)18/h5-6,9-10,13,17,19-21,25-26H,7-8,11-12H2,1-4H3,(H,27,30)/t13-,17+,19-,20+,21+/m0/s1. The number of rotatable bonds is 8. The largest absolute Gasteiger partial charge is 0.382 e. The lowest BCUT2D eigenvalue weighted by atomic mass is 9.91. The summed E-state index contributed by atoms with van der Waals surface area (Å²) in [6, 6.07) is 2.20. The quantitative estimate of drug-likeness (QED) is 0.473. The molecule has 12 heteroatoms. The number of nitrogens with zero attached hydrogens (tertiary/aromatic N) is 2. The Morgan fingerprint density at radius 2 is 2.09 bits per heavy atom. The highest BCUT2D eigenvalue weighted by molar-refractivity contribution is 7.88. The minimum Gasteiger partial charge on any atom is -0.382 e. The number of aromatic nitrogens is 1. The van der Waals surface area contributed by atoms with Gasteiger partial charge in [0.25, 0.3) is 0 Å². The fraction of sp³-hybridized carbons (Fsp3) is 0.565. The number of likely N-dealkylation sites (tertiary alicyclic amines) is 1. The van der Waals surface area contributed by atoms with Crippen molar-refractivity contribution in [2.24, 2.45) is 0 Å². The molecule has 2 aliphatic heterocycles. The highest BCUT2D eigenvalue weighted by Gasteiger charge is 2.54. The van der Waals surface area contributed by atoms with Crippen LogP contribution in [-0.2, 0) is 24.3 Å². The van der Waals surface area contributed by atoms with E-state index in [1.165, 1.54) is 29.8 Å². The molecule has 0 bridgehead atoms. The predicted molar refractivity (Wildman–Crippen MR) is 129 cm³/mol. The first kappa shape index (κ1) is 25.5. The van der Waals surface area contributed by atoms with Crippen molar-refractivity contribution < 1.29 is 27.1 Å². The zero-order chi connectivity index (χ0) is 25.5. The van der Waals surface area contributed by atoms with Crippen molar-refractivity contribution in [3.8, 4) is 0 Å². The molecule has 2 aromatic rings. The fourth-order valence-corrected chi connectivity index (χ4v) is 6.51. The number of aromatic amines is 1. The molecule has 1 aromatic heterocycles. The maximum atomic E-state index is 13.8. The van der Waals surface area contributed by atoms with E-state index < -0.39 is 28.1 Å². The van der Waals surface area contributed by atoms with Gasteiger partial charge in [-0.15, -0.1) is 0 Å². The highest BCUT2D eigenvalue weighted by atomic mass is 32.2. The number of ether oxygens (including phenoxy) is 1. The van der Waals surface area contributed by atoms with Crippen molar-refractivity contribution >= 4 is 32.7 Å². The number of H-pyrrole nitrogens is 1. The Bertz CT molecular complexity index is 1220. The number of likely N-dealkylation sites (N-methyl/N-ethyl adjacent to an activating group) is 1. The van der Waals surface area contributed by atoms with Gasteiger partial charge >= 0.3 is 0 Å². The Labute approximate surface area is 204 Å². The first-order chi connectivity index (χ1) is 16.6. The van der Waals surface area contributed by atoms with Gasteiger partial charge in [0, 0.05) is 49.3 Å². The molecule has 4 rings (SSSR count). The molecule has 5 atom stereocenters. The van der Waals surface area contributed by atoms with Crippen LogP contribution in [0.25, 0.3) is 10.9 Å². The Balaban J connectivity index is 1.70. The van der Waals surface area contributed by atoms with Crippen molar-refractivity contribution in [3.63, 3.8) is 0 Å². The summed E-state index contributed by atoms with van der Waals surface area (Å²) in [5.41, 5.74) is 1.44. The SMILES string of the molecule is CN[C@@H](C)C(=O)N[C@@H](COC)C(=O)N1CC[C@@H]2[C@H]1[C@@H](c1c[nH]c3cc(F)ccc13)CN2S(C)(=O)=O. The second-order valence-corrected chi connectivity index (χ2v) is 11.2. The van der Waals surface area contributed by atoms with Gasteiger partial charge in [-0.25, -0.2) is 12.8 Å². The molecule has 3 N–H and O–H groups in total. The molecular weight excluding hydrogens is 477 g/mol. The van der Waals surface area contributed by atoms with Crippen molar-refractivity contribution in [3.05, 3.63) is 35.8 Å². The van der Waals surface area contributed by atoms with Crippen LogP contribution in [0.5, 0.6) is 0 Å². The molecule has 3 heterocycles. The molecule has 1 aromatic carbocycles. The second kappa shape index (κ2) is 9.84. The molecule has 2 amide bonds. The third kappa shape index (κ3) is 4.80. The number of hydrogen-bond acceptors (Lipinski definition) is 6. The summed E-state index contributed by atoms with van der Waals surface area (Å²) in [4.78, 5) is 30.9. The lowest BCUT2D eigenvalue weighted by Gasteiger charge is -2.32. The lowest BCUT2D eigenvalue weighted by Crippen LogP contribution is -2.56. The van der Waals surface area contributed by atoms with E-state index in [4.69, 9.17) is 4.74 Å². The van der Waals surface area contributed by atoms with Gasteiger partial charge in [0.1, 0.15) is 11.9 Å². The average Bonchev–Trinajstić information content (AvgIpc) is 3.50. The van der Waals surface area contributed by atoms with Gasteiger partial charge in [-0.1, -0.05) is 0 Å². The summed E-state index contributed by atoms with van der Waals surface area (Å²) >= 11 is 0. The van der Waals surface area contributed by atoms with Gasteiger partial charge < -0.3 is 25.3 Å². The van der Waals surface area contributed by atoms with Crippen molar-refractivity contribution in [2.45, 2.75) is 43.4 Å². The maximum Gasteiger partial charge on any atom is 0.247 e. The van der Waals surface area contributed by atoms with Gasteiger partial charge in [-0.05, 0) is 44.2 Å². The van der Waals surface area contributed by atoms with Crippen LogP contribution in [0.2, 0.25) is 0 Å². The number of nitrogens with one attached hydrogen (secondary N) is 3. The molecule has 192 valence electrons. The van der Waals surface area contributed by atoms with Gasteiger partial charge in [0.2, 0.25) is 21.8 Å². The third-order valence-electron chi connectivity index (χ3n) is 7.14. The van der Waals surface area contributed by atoms with Crippen LogP contribution in [0.1, 0.15) is 24.8 Å². The van der Waals surface area contributed by atoms with Crippen LogP contribution in [0, 0.1) is 5.82 Å². The number of halogens is 1. The number of amides is 2. The number of carbonyl (C=O) groups excluding carboxylic acids is 2. The molecule has 2 saturated heterocycles. The third-order valence-corrected chi connectivity index (χ3v) is 8.41. The molecule has 2 aliphatic rings. The minimum atomic E-state index is -3.53. The molecule has 0 unspecified atom stereocenters. The van der Waals surface area contributed by atoms with Crippen molar-refractivity contribution in [2.75, 3.05) is 40.1 Å². The molecule has 35 heavy (non-hydrogen) atoms. The maximum absolute atomic E-state index is 13.8. The number of benzene rings is 1. The minimum absolute atomic E-state index is 0.0122. The van der Waals surface area contributed by atoms with Crippen LogP contribution in [0.15, 0.2) is 24.4 Å². The Kier molecular flexibility index (Phi) is 7.18. The van der Waals surface area contributed by atoms with E-state index in [0.717, 1.165) is 10.9 Å². The first-order valence-electron chi connectivity index (χ1n) is 11.6. The van der Waals surface area contributed by atoms with E-state index in [-0.39, 0.29) is 42.7 Å². The van der Waals surface area contributed by atoms with Crippen LogP contribution in [0.3, 0.4) is 0 Å². The highest BCUT2D eigenvalue weighted by Crippen LogP contribution is 2.44. The average molecular weight is 510 g/mol. The summed E-state index contributed by atoms with van der Waals surface area (Å²) < 4.78 is 45.7. The summed E-state index contributed by atoms with van der Waals surface area (Å²) in [6.07, 6.45) is 3.42. The number of sulfonamides is 1. The number of carbonyl (C=O) groups is 2.